The molecular weight excluding hydrogens is 387 g/mol. The zero-order chi connectivity index (χ0) is 19.4. The standard InChI is InChI=1S/C19H16Cl2N4O2/c1-12-15(18(21)25(24-12)11-13-5-3-2-4-6-13)10-22-23-17-9-14(19(26)27)7-8-16(17)20/h2-10,23H,11H2,1H3,(H,26,27)/p-1/b22-10-. The van der Waals surface area contributed by atoms with Gasteiger partial charge in [-0.3, -0.25) is 5.43 Å². The van der Waals surface area contributed by atoms with Gasteiger partial charge in [0.1, 0.15) is 5.15 Å². The predicted octanol–water partition coefficient (Wildman–Crippen LogP) is 3.36. The largest absolute Gasteiger partial charge is 0.545 e. The van der Waals surface area contributed by atoms with E-state index in [-0.39, 0.29) is 5.56 Å². The maximum Gasteiger partial charge on any atom is 0.136 e. The van der Waals surface area contributed by atoms with E-state index in [1.54, 1.807) is 4.68 Å². The van der Waals surface area contributed by atoms with E-state index in [9.17, 15) is 9.90 Å². The third-order valence-corrected chi connectivity index (χ3v) is 4.59. The third-order valence-electron chi connectivity index (χ3n) is 3.87. The van der Waals surface area contributed by atoms with Gasteiger partial charge in [0, 0.05) is 0 Å². The molecule has 138 valence electrons. The van der Waals surface area contributed by atoms with Gasteiger partial charge in [-0.1, -0.05) is 59.6 Å². The van der Waals surface area contributed by atoms with Gasteiger partial charge in [-0.15, -0.1) is 0 Å². The summed E-state index contributed by atoms with van der Waals surface area (Å²) in [6.07, 6.45) is 1.52. The second-order valence-corrected chi connectivity index (χ2v) is 6.55. The van der Waals surface area contributed by atoms with Crippen LogP contribution in [-0.2, 0) is 6.54 Å². The second-order valence-electron chi connectivity index (χ2n) is 5.79. The lowest BCUT2D eigenvalue weighted by Crippen LogP contribution is -2.22. The number of carbonyl (C=O) groups excluding carboxylic acids is 1. The maximum absolute atomic E-state index is 11.0. The highest BCUT2D eigenvalue weighted by molar-refractivity contribution is 6.33. The number of carboxylic acids is 1. The fourth-order valence-electron chi connectivity index (χ4n) is 2.48. The van der Waals surface area contributed by atoms with Crippen molar-refractivity contribution in [3.05, 3.63) is 81.1 Å². The molecule has 0 spiro atoms. The molecule has 1 N–H and O–H groups in total. The Balaban J connectivity index is 1.78. The van der Waals surface area contributed by atoms with E-state index >= 15 is 0 Å². The zero-order valence-electron chi connectivity index (χ0n) is 14.3. The lowest BCUT2D eigenvalue weighted by atomic mass is 10.2. The lowest BCUT2D eigenvalue weighted by Gasteiger charge is -2.07. The fraction of sp³-hybridized carbons (Fsp3) is 0.105. The van der Waals surface area contributed by atoms with E-state index in [0.29, 0.717) is 28.0 Å². The van der Waals surface area contributed by atoms with Crippen molar-refractivity contribution in [3.63, 3.8) is 0 Å². The van der Waals surface area contributed by atoms with Gasteiger partial charge in [0.05, 0.1) is 40.7 Å². The number of hydrazone groups is 1. The number of hydrogen-bond acceptors (Lipinski definition) is 5. The van der Waals surface area contributed by atoms with Crippen molar-refractivity contribution in [2.24, 2.45) is 5.10 Å². The van der Waals surface area contributed by atoms with Gasteiger partial charge in [0.15, 0.2) is 0 Å². The number of benzene rings is 2. The van der Waals surface area contributed by atoms with Crippen LogP contribution in [0.4, 0.5) is 5.69 Å². The van der Waals surface area contributed by atoms with E-state index in [0.717, 1.165) is 11.3 Å². The first-order valence-corrected chi connectivity index (χ1v) is 8.78. The van der Waals surface area contributed by atoms with Crippen molar-refractivity contribution in [1.82, 2.24) is 9.78 Å². The number of hydrogen-bond donors (Lipinski definition) is 1. The molecule has 8 heteroatoms. The molecule has 27 heavy (non-hydrogen) atoms. The molecule has 0 unspecified atom stereocenters. The average molecular weight is 402 g/mol. The first-order valence-electron chi connectivity index (χ1n) is 8.02. The van der Waals surface area contributed by atoms with Crippen molar-refractivity contribution in [3.8, 4) is 0 Å². The number of aromatic nitrogens is 2. The Bertz CT molecular complexity index is 1000. The summed E-state index contributed by atoms with van der Waals surface area (Å²) in [5, 5.41) is 20.3. The van der Waals surface area contributed by atoms with Gasteiger partial charge in [-0.2, -0.15) is 10.2 Å². The summed E-state index contributed by atoms with van der Waals surface area (Å²) in [5.41, 5.74) is 5.53. The Morgan fingerprint density at radius 1 is 1.26 bits per heavy atom. The average Bonchev–Trinajstić information content (AvgIpc) is 2.91. The highest BCUT2D eigenvalue weighted by Crippen LogP contribution is 2.23. The van der Waals surface area contributed by atoms with Crippen molar-refractivity contribution < 1.29 is 9.90 Å². The molecule has 0 atom stereocenters. The molecule has 0 aliphatic heterocycles. The molecule has 2 aromatic carbocycles. The summed E-state index contributed by atoms with van der Waals surface area (Å²) >= 11 is 12.5. The van der Waals surface area contributed by atoms with Gasteiger partial charge >= 0.3 is 0 Å². The summed E-state index contributed by atoms with van der Waals surface area (Å²) in [7, 11) is 0. The molecule has 0 amide bonds. The minimum absolute atomic E-state index is 0.00185. The van der Waals surface area contributed by atoms with Gasteiger partial charge in [0.2, 0.25) is 0 Å². The molecule has 0 fully saturated rings. The summed E-state index contributed by atoms with van der Waals surface area (Å²) in [4.78, 5) is 11.0. The monoisotopic (exact) mass is 401 g/mol. The Morgan fingerprint density at radius 2 is 2.00 bits per heavy atom. The number of halogens is 2. The Hall–Kier alpha value is -2.83. The van der Waals surface area contributed by atoms with Crippen LogP contribution < -0.4 is 10.5 Å². The molecule has 6 nitrogen and oxygen atoms in total. The first kappa shape index (κ1) is 18.9. The van der Waals surface area contributed by atoms with E-state index in [1.165, 1.54) is 24.4 Å². The van der Waals surface area contributed by atoms with E-state index < -0.39 is 5.97 Å². The minimum Gasteiger partial charge on any atom is -0.545 e. The molecule has 1 heterocycles. The second kappa shape index (κ2) is 8.24. The summed E-state index contributed by atoms with van der Waals surface area (Å²) in [6.45, 7) is 2.37. The highest BCUT2D eigenvalue weighted by atomic mass is 35.5. The van der Waals surface area contributed by atoms with Gasteiger partial charge in [-0.25, -0.2) is 4.68 Å². The van der Waals surface area contributed by atoms with Crippen LogP contribution in [0.25, 0.3) is 0 Å². The van der Waals surface area contributed by atoms with Crippen LogP contribution in [0, 0.1) is 6.92 Å². The highest BCUT2D eigenvalue weighted by Gasteiger charge is 2.12. The molecular formula is C19H15Cl2N4O2-. The Morgan fingerprint density at radius 3 is 2.70 bits per heavy atom. The minimum atomic E-state index is -1.29. The summed E-state index contributed by atoms with van der Waals surface area (Å²) in [6, 6.07) is 14.0. The number of aryl methyl sites for hydroxylation is 1. The van der Waals surface area contributed by atoms with Crippen LogP contribution in [0.5, 0.6) is 0 Å². The van der Waals surface area contributed by atoms with Crippen LogP contribution >= 0.6 is 23.2 Å². The molecule has 0 aliphatic carbocycles. The quantitative estimate of drug-likeness (QED) is 0.507. The van der Waals surface area contributed by atoms with Crippen LogP contribution in [0.15, 0.2) is 53.6 Å². The molecule has 1 aromatic heterocycles. The van der Waals surface area contributed by atoms with Crippen LogP contribution in [0.3, 0.4) is 0 Å². The Labute approximate surface area is 166 Å². The maximum atomic E-state index is 11.0. The number of nitrogens with one attached hydrogen (secondary N) is 1. The van der Waals surface area contributed by atoms with Crippen LogP contribution in [-0.4, -0.2) is 22.0 Å². The predicted molar refractivity (Wildman–Crippen MR) is 105 cm³/mol. The SMILES string of the molecule is Cc1nn(Cc2ccccc2)c(Cl)c1/C=N\Nc1cc(C(=O)[O-])ccc1Cl. The topological polar surface area (TPSA) is 82.3 Å². The van der Waals surface area contributed by atoms with Crippen molar-refractivity contribution in [2.45, 2.75) is 13.5 Å². The number of anilines is 1. The molecule has 0 radical (unpaired) electrons. The smallest absolute Gasteiger partial charge is 0.136 e. The number of aromatic carboxylic acids is 1. The van der Waals surface area contributed by atoms with Crippen molar-refractivity contribution in [1.29, 1.82) is 0 Å². The van der Waals surface area contributed by atoms with E-state index in [1.807, 2.05) is 37.3 Å². The summed E-state index contributed by atoms with van der Waals surface area (Å²) in [5.74, 6) is -1.29. The number of nitrogens with zero attached hydrogens (tertiary/aromatic N) is 3. The number of rotatable bonds is 6. The van der Waals surface area contributed by atoms with Gasteiger partial charge in [-0.05, 0) is 30.2 Å². The zero-order valence-corrected chi connectivity index (χ0v) is 15.8. The molecule has 0 saturated carbocycles. The molecule has 3 aromatic rings. The van der Waals surface area contributed by atoms with Gasteiger partial charge < -0.3 is 9.90 Å². The van der Waals surface area contributed by atoms with E-state index in [2.05, 4.69) is 15.6 Å². The fourth-order valence-corrected chi connectivity index (χ4v) is 2.92. The normalized spacial score (nSPS) is 11.1. The number of carbonyl (C=O) groups is 1. The van der Waals surface area contributed by atoms with Crippen molar-refractivity contribution in [2.75, 3.05) is 5.43 Å². The van der Waals surface area contributed by atoms with Gasteiger partial charge in [0.25, 0.3) is 0 Å². The Kier molecular flexibility index (Phi) is 5.78. The van der Waals surface area contributed by atoms with Crippen LogP contribution in [0.2, 0.25) is 10.2 Å². The number of carboxylic acid groups (broad SMARTS) is 1. The van der Waals surface area contributed by atoms with E-state index in [4.69, 9.17) is 23.2 Å². The summed E-state index contributed by atoms with van der Waals surface area (Å²) < 4.78 is 1.69. The molecule has 0 saturated heterocycles. The molecule has 0 aliphatic rings. The first-order chi connectivity index (χ1) is 13.0. The lowest BCUT2D eigenvalue weighted by molar-refractivity contribution is -0.255. The molecule has 3 rings (SSSR count). The third kappa shape index (κ3) is 4.48. The van der Waals surface area contributed by atoms with Crippen molar-refractivity contribution >= 4 is 41.1 Å². The van der Waals surface area contributed by atoms with Crippen LogP contribution in [0.1, 0.15) is 27.2 Å². The molecule has 0 bridgehead atoms.